The maximum absolute atomic E-state index is 4.00. The van der Waals surface area contributed by atoms with E-state index < -0.39 is 0 Å². The normalized spacial score (nSPS) is 24.9. The van der Waals surface area contributed by atoms with Crippen molar-refractivity contribution in [2.45, 2.75) is 43.6 Å². The van der Waals surface area contributed by atoms with Gasteiger partial charge in [-0.3, -0.25) is 0 Å². The zero-order valence-electron chi connectivity index (χ0n) is 16.4. The summed E-state index contributed by atoms with van der Waals surface area (Å²) < 4.78 is 0. The standard InChI is InChI=1S/C24H29N3/c1-27(2)18-9-7-8-17(16-18)21-11-5-6-14-24(21)23-20(13-15-25-24)19-10-3-4-12-22(19)26-23/h3-4,7-10,12,16,21,25-26H,5-6,11,13-15H2,1-2H3. The fourth-order valence-electron chi connectivity index (χ4n) is 5.49. The minimum Gasteiger partial charge on any atom is -0.378 e. The Bertz CT molecular complexity index is 971. The van der Waals surface area contributed by atoms with Crippen LogP contribution in [-0.2, 0) is 12.0 Å². The van der Waals surface area contributed by atoms with Crippen molar-refractivity contribution in [1.29, 1.82) is 0 Å². The summed E-state index contributed by atoms with van der Waals surface area (Å²) in [6.07, 6.45) is 6.19. The molecule has 2 unspecified atom stereocenters. The highest BCUT2D eigenvalue weighted by Crippen LogP contribution is 2.50. The molecule has 3 aromatic rings. The van der Waals surface area contributed by atoms with E-state index in [1.54, 1.807) is 5.56 Å². The lowest BCUT2D eigenvalue weighted by molar-refractivity contribution is 0.181. The van der Waals surface area contributed by atoms with Crippen LogP contribution < -0.4 is 10.2 Å². The molecule has 3 heteroatoms. The number of nitrogens with one attached hydrogen (secondary N) is 2. The molecule has 1 aliphatic carbocycles. The van der Waals surface area contributed by atoms with Gasteiger partial charge < -0.3 is 15.2 Å². The third-order valence-electron chi connectivity index (χ3n) is 6.77. The molecule has 140 valence electrons. The number of aromatic nitrogens is 1. The molecule has 27 heavy (non-hydrogen) atoms. The largest absolute Gasteiger partial charge is 0.378 e. The number of fused-ring (bicyclic) bond motifs is 4. The number of para-hydroxylation sites is 1. The van der Waals surface area contributed by atoms with Gasteiger partial charge in [-0.1, -0.05) is 43.2 Å². The lowest BCUT2D eigenvalue weighted by atomic mass is 9.65. The van der Waals surface area contributed by atoms with Gasteiger partial charge in [0.05, 0.1) is 5.54 Å². The summed E-state index contributed by atoms with van der Waals surface area (Å²) in [5.41, 5.74) is 7.09. The number of hydrogen-bond acceptors (Lipinski definition) is 2. The summed E-state index contributed by atoms with van der Waals surface area (Å²) in [6, 6.07) is 18.0. The molecule has 2 atom stereocenters. The van der Waals surface area contributed by atoms with Crippen LogP contribution in [0.15, 0.2) is 48.5 Å². The summed E-state index contributed by atoms with van der Waals surface area (Å²) in [5.74, 6) is 0.512. The van der Waals surface area contributed by atoms with Crippen molar-refractivity contribution in [3.05, 3.63) is 65.4 Å². The van der Waals surface area contributed by atoms with Gasteiger partial charge in [-0.05, 0) is 48.6 Å². The molecule has 1 fully saturated rings. The first-order valence-corrected chi connectivity index (χ1v) is 10.3. The summed E-state index contributed by atoms with van der Waals surface area (Å²) in [4.78, 5) is 6.05. The minimum atomic E-state index is 0.0375. The molecule has 0 amide bonds. The second-order valence-corrected chi connectivity index (χ2v) is 8.46. The fraction of sp³-hybridized carbons (Fsp3) is 0.417. The maximum Gasteiger partial charge on any atom is 0.0659 e. The van der Waals surface area contributed by atoms with E-state index in [1.807, 2.05) is 0 Å². The number of H-pyrrole nitrogens is 1. The van der Waals surface area contributed by atoms with Gasteiger partial charge in [-0.25, -0.2) is 0 Å². The van der Waals surface area contributed by atoms with Crippen LogP contribution in [0, 0.1) is 0 Å². The highest BCUT2D eigenvalue weighted by Gasteiger charge is 2.46. The molecule has 3 nitrogen and oxygen atoms in total. The Hall–Kier alpha value is -2.26. The van der Waals surface area contributed by atoms with E-state index in [9.17, 15) is 0 Å². The van der Waals surface area contributed by atoms with Gasteiger partial charge >= 0.3 is 0 Å². The molecule has 0 radical (unpaired) electrons. The Labute approximate surface area is 161 Å². The molecule has 0 saturated heterocycles. The predicted molar refractivity (Wildman–Crippen MR) is 114 cm³/mol. The lowest BCUT2D eigenvalue weighted by Gasteiger charge is -2.48. The van der Waals surface area contributed by atoms with E-state index in [1.165, 1.54) is 53.5 Å². The van der Waals surface area contributed by atoms with E-state index in [2.05, 4.69) is 77.8 Å². The Kier molecular flexibility index (Phi) is 4.01. The minimum absolute atomic E-state index is 0.0375. The Morgan fingerprint density at radius 3 is 2.81 bits per heavy atom. The highest BCUT2D eigenvalue weighted by molar-refractivity contribution is 5.85. The zero-order chi connectivity index (χ0) is 18.4. The molecule has 2 heterocycles. The van der Waals surface area contributed by atoms with Crippen LogP contribution in [0.2, 0.25) is 0 Å². The van der Waals surface area contributed by atoms with Crippen molar-refractivity contribution in [1.82, 2.24) is 10.3 Å². The smallest absolute Gasteiger partial charge is 0.0659 e. The Morgan fingerprint density at radius 2 is 1.93 bits per heavy atom. The molecular weight excluding hydrogens is 330 g/mol. The van der Waals surface area contributed by atoms with Gasteiger partial charge in [0.2, 0.25) is 0 Å². The number of anilines is 1. The first-order valence-electron chi connectivity index (χ1n) is 10.3. The van der Waals surface area contributed by atoms with Crippen LogP contribution in [-0.4, -0.2) is 25.6 Å². The molecule has 1 aromatic heterocycles. The lowest BCUT2D eigenvalue weighted by Crippen LogP contribution is -2.53. The van der Waals surface area contributed by atoms with E-state index in [4.69, 9.17) is 0 Å². The monoisotopic (exact) mass is 359 g/mol. The van der Waals surface area contributed by atoms with Gasteiger partial charge in [-0.15, -0.1) is 0 Å². The van der Waals surface area contributed by atoms with Crippen LogP contribution >= 0.6 is 0 Å². The molecule has 1 saturated carbocycles. The van der Waals surface area contributed by atoms with Crippen molar-refractivity contribution in [3.8, 4) is 0 Å². The van der Waals surface area contributed by atoms with E-state index in [-0.39, 0.29) is 5.54 Å². The predicted octanol–water partition coefficient (Wildman–Crippen LogP) is 4.93. The SMILES string of the molecule is CN(C)c1cccc(C2CCCCC23NCCc2c3[nH]c3ccccc23)c1. The number of aromatic amines is 1. The molecule has 2 aromatic carbocycles. The first kappa shape index (κ1) is 16.9. The van der Waals surface area contributed by atoms with Crippen molar-refractivity contribution in [2.24, 2.45) is 0 Å². The number of benzene rings is 2. The van der Waals surface area contributed by atoms with Crippen molar-refractivity contribution in [2.75, 3.05) is 25.5 Å². The molecule has 2 aliphatic rings. The van der Waals surface area contributed by atoms with Crippen LogP contribution in [0.3, 0.4) is 0 Å². The average molecular weight is 360 g/mol. The van der Waals surface area contributed by atoms with E-state index in [0.717, 1.165) is 13.0 Å². The highest BCUT2D eigenvalue weighted by atomic mass is 15.1. The Balaban J connectivity index is 1.67. The van der Waals surface area contributed by atoms with Gasteiger partial charge in [0.25, 0.3) is 0 Å². The number of rotatable bonds is 2. The van der Waals surface area contributed by atoms with Gasteiger partial charge in [0.1, 0.15) is 0 Å². The molecule has 5 rings (SSSR count). The van der Waals surface area contributed by atoms with E-state index in [0.29, 0.717) is 5.92 Å². The third-order valence-corrected chi connectivity index (χ3v) is 6.77. The van der Waals surface area contributed by atoms with Crippen molar-refractivity contribution < 1.29 is 0 Å². The summed E-state index contributed by atoms with van der Waals surface area (Å²) in [5, 5.41) is 5.42. The van der Waals surface area contributed by atoms with Gasteiger partial charge in [0, 0.05) is 48.8 Å². The van der Waals surface area contributed by atoms with Crippen LogP contribution in [0.4, 0.5) is 5.69 Å². The summed E-state index contributed by atoms with van der Waals surface area (Å²) in [7, 11) is 4.26. The zero-order valence-corrected chi connectivity index (χ0v) is 16.4. The molecular formula is C24H29N3. The summed E-state index contributed by atoms with van der Waals surface area (Å²) >= 11 is 0. The fourth-order valence-corrected chi connectivity index (χ4v) is 5.49. The quantitative estimate of drug-likeness (QED) is 0.679. The van der Waals surface area contributed by atoms with Crippen LogP contribution in [0.1, 0.15) is 48.4 Å². The number of hydrogen-bond donors (Lipinski definition) is 2. The number of nitrogens with zero attached hydrogens (tertiary/aromatic N) is 1. The molecule has 2 N–H and O–H groups in total. The third kappa shape index (κ3) is 2.60. The van der Waals surface area contributed by atoms with Crippen LogP contribution in [0.5, 0.6) is 0 Å². The Morgan fingerprint density at radius 1 is 1.04 bits per heavy atom. The molecule has 1 aliphatic heterocycles. The topological polar surface area (TPSA) is 31.1 Å². The summed E-state index contributed by atoms with van der Waals surface area (Å²) in [6.45, 7) is 1.07. The second-order valence-electron chi connectivity index (χ2n) is 8.46. The van der Waals surface area contributed by atoms with Crippen molar-refractivity contribution >= 4 is 16.6 Å². The molecule has 1 spiro atoms. The molecule has 0 bridgehead atoms. The van der Waals surface area contributed by atoms with E-state index >= 15 is 0 Å². The van der Waals surface area contributed by atoms with Crippen LogP contribution in [0.25, 0.3) is 10.9 Å². The van der Waals surface area contributed by atoms with Gasteiger partial charge in [0.15, 0.2) is 0 Å². The van der Waals surface area contributed by atoms with Gasteiger partial charge in [-0.2, -0.15) is 0 Å². The van der Waals surface area contributed by atoms with Crippen molar-refractivity contribution in [3.63, 3.8) is 0 Å². The maximum atomic E-state index is 4.00. The first-order chi connectivity index (χ1) is 13.2. The average Bonchev–Trinajstić information content (AvgIpc) is 3.09. The second kappa shape index (κ2) is 6.42.